The van der Waals surface area contributed by atoms with Crippen molar-refractivity contribution in [2.24, 2.45) is 10.9 Å². The molecule has 0 aliphatic carbocycles. The SMILES string of the molecule is N#CN=C1NCCC1CCc1cnc(Cl)s1. The lowest BCUT2D eigenvalue weighted by Crippen LogP contribution is -2.19. The van der Waals surface area contributed by atoms with E-state index in [4.69, 9.17) is 16.9 Å². The van der Waals surface area contributed by atoms with Crippen molar-refractivity contribution in [1.29, 1.82) is 5.26 Å². The van der Waals surface area contributed by atoms with Gasteiger partial charge in [-0.2, -0.15) is 10.3 Å². The van der Waals surface area contributed by atoms with Gasteiger partial charge in [0.2, 0.25) is 6.19 Å². The smallest absolute Gasteiger partial charge is 0.207 e. The first-order chi connectivity index (χ1) is 7.79. The molecule has 6 heteroatoms. The zero-order valence-electron chi connectivity index (χ0n) is 8.61. The Kier molecular flexibility index (Phi) is 3.75. The van der Waals surface area contributed by atoms with Gasteiger partial charge in [0.05, 0.1) is 0 Å². The van der Waals surface area contributed by atoms with E-state index in [1.54, 1.807) is 0 Å². The monoisotopic (exact) mass is 254 g/mol. The predicted molar refractivity (Wildman–Crippen MR) is 64.6 cm³/mol. The van der Waals surface area contributed by atoms with Crippen LogP contribution in [0.15, 0.2) is 11.2 Å². The molecule has 1 aromatic rings. The molecule has 1 N–H and O–H groups in total. The fourth-order valence-electron chi connectivity index (χ4n) is 1.84. The molecule has 1 fully saturated rings. The number of aryl methyl sites for hydroxylation is 1. The quantitative estimate of drug-likeness (QED) is 0.842. The summed E-state index contributed by atoms with van der Waals surface area (Å²) in [5.74, 6) is 1.21. The topological polar surface area (TPSA) is 61.1 Å². The number of nitriles is 1. The van der Waals surface area contributed by atoms with Crippen molar-refractivity contribution in [2.75, 3.05) is 6.54 Å². The van der Waals surface area contributed by atoms with E-state index in [0.29, 0.717) is 10.4 Å². The summed E-state index contributed by atoms with van der Waals surface area (Å²) in [6.45, 7) is 0.911. The molecular formula is C10H11ClN4S. The Labute approximate surface area is 103 Å². The van der Waals surface area contributed by atoms with Crippen LogP contribution in [0.3, 0.4) is 0 Å². The molecule has 1 aliphatic rings. The largest absolute Gasteiger partial charge is 0.373 e. The summed E-state index contributed by atoms with van der Waals surface area (Å²) in [4.78, 5) is 8.99. The number of thiazole rings is 1. The number of nitrogens with one attached hydrogen (secondary N) is 1. The highest BCUT2D eigenvalue weighted by atomic mass is 35.5. The van der Waals surface area contributed by atoms with Crippen molar-refractivity contribution >= 4 is 28.8 Å². The van der Waals surface area contributed by atoms with Crippen molar-refractivity contribution in [3.05, 3.63) is 15.5 Å². The number of halogens is 1. The molecule has 1 unspecified atom stereocenters. The summed E-state index contributed by atoms with van der Waals surface area (Å²) in [7, 11) is 0. The van der Waals surface area contributed by atoms with Gasteiger partial charge in [0.25, 0.3) is 0 Å². The first kappa shape index (κ1) is 11.4. The van der Waals surface area contributed by atoms with E-state index in [0.717, 1.165) is 31.6 Å². The number of amidine groups is 1. The summed E-state index contributed by atoms with van der Waals surface area (Å²) < 4.78 is 0.588. The minimum Gasteiger partial charge on any atom is -0.373 e. The second-order valence-electron chi connectivity index (χ2n) is 3.63. The number of hydrogen-bond donors (Lipinski definition) is 1. The zero-order chi connectivity index (χ0) is 11.4. The average Bonchev–Trinajstić information content (AvgIpc) is 2.85. The highest BCUT2D eigenvalue weighted by molar-refractivity contribution is 7.15. The second kappa shape index (κ2) is 5.28. The van der Waals surface area contributed by atoms with Crippen LogP contribution in [0.25, 0.3) is 0 Å². The minimum absolute atomic E-state index is 0.375. The lowest BCUT2D eigenvalue weighted by atomic mass is 10.0. The van der Waals surface area contributed by atoms with Crippen LogP contribution < -0.4 is 5.32 Å². The highest BCUT2D eigenvalue weighted by Gasteiger charge is 2.22. The van der Waals surface area contributed by atoms with Gasteiger partial charge in [-0.25, -0.2) is 4.98 Å². The number of rotatable bonds is 3. The number of aliphatic imine (C=N–C) groups is 1. The maximum atomic E-state index is 8.53. The van der Waals surface area contributed by atoms with Crippen LogP contribution >= 0.6 is 22.9 Å². The first-order valence-corrected chi connectivity index (χ1v) is 6.30. The molecule has 0 amide bonds. The van der Waals surface area contributed by atoms with Crippen LogP contribution in [0.4, 0.5) is 0 Å². The third-order valence-corrected chi connectivity index (χ3v) is 3.80. The van der Waals surface area contributed by atoms with Gasteiger partial charge < -0.3 is 5.32 Å². The molecule has 0 aromatic carbocycles. The maximum Gasteiger partial charge on any atom is 0.207 e. The molecule has 2 rings (SSSR count). The van der Waals surface area contributed by atoms with E-state index < -0.39 is 0 Å². The summed E-state index contributed by atoms with van der Waals surface area (Å²) in [5, 5.41) is 11.7. The van der Waals surface area contributed by atoms with E-state index in [-0.39, 0.29) is 0 Å². The Hall–Kier alpha value is -1.12. The summed E-state index contributed by atoms with van der Waals surface area (Å²) in [6.07, 6.45) is 6.64. The van der Waals surface area contributed by atoms with Gasteiger partial charge in [0, 0.05) is 23.5 Å². The molecule has 1 aromatic heterocycles. The van der Waals surface area contributed by atoms with Crippen molar-refractivity contribution < 1.29 is 0 Å². The molecule has 2 heterocycles. The van der Waals surface area contributed by atoms with Gasteiger partial charge in [-0.3, -0.25) is 0 Å². The van der Waals surface area contributed by atoms with Gasteiger partial charge in [-0.1, -0.05) is 11.6 Å². The molecule has 84 valence electrons. The Morgan fingerprint density at radius 2 is 2.62 bits per heavy atom. The molecule has 0 bridgehead atoms. The van der Waals surface area contributed by atoms with E-state index in [9.17, 15) is 0 Å². The molecule has 0 saturated carbocycles. The molecule has 1 aliphatic heterocycles. The molecule has 4 nitrogen and oxygen atoms in total. The second-order valence-corrected chi connectivity index (χ2v) is 5.32. The third kappa shape index (κ3) is 2.71. The number of hydrogen-bond acceptors (Lipinski definition) is 4. The Bertz CT molecular complexity index is 434. The Balaban J connectivity index is 1.91. The van der Waals surface area contributed by atoms with Crippen molar-refractivity contribution in [3.63, 3.8) is 0 Å². The van der Waals surface area contributed by atoms with Crippen LogP contribution in [0.2, 0.25) is 4.47 Å². The van der Waals surface area contributed by atoms with E-state index >= 15 is 0 Å². The van der Waals surface area contributed by atoms with E-state index in [1.807, 2.05) is 12.4 Å². The van der Waals surface area contributed by atoms with Crippen molar-refractivity contribution in [3.8, 4) is 6.19 Å². The normalized spacial score (nSPS) is 22.0. The number of aromatic nitrogens is 1. The third-order valence-electron chi connectivity index (χ3n) is 2.62. The van der Waals surface area contributed by atoms with Gasteiger partial charge in [-0.05, 0) is 19.3 Å². The molecule has 0 spiro atoms. The summed E-state index contributed by atoms with van der Waals surface area (Å²) in [6, 6.07) is 0. The molecule has 0 radical (unpaired) electrons. The highest BCUT2D eigenvalue weighted by Crippen LogP contribution is 2.23. The minimum atomic E-state index is 0.375. The zero-order valence-corrected chi connectivity index (χ0v) is 10.2. The first-order valence-electron chi connectivity index (χ1n) is 5.10. The average molecular weight is 255 g/mol. The predicted octanol–water partition coefficient (Wildman–Crippen LogP) is 2.22. The fraction of sp³-hybridized carbons (Fsp3) is 0.500. The number of nitrogens with zero attached hydrogens (tertiary/aromatic N) is 3. The van der Waals surface area contributed by atoms with E-state index in [1.165, 1.54) is 16.2 Å². The van der Waals surface area contributed by atoms with Crippen molar-refractivity contribution in [2.45, 2.75) is 19.3 Å². The van der Waals surface area contributed by atoms with E-state index in [2.05, 4.69) is 15.3 Å². The lowest BCUT2D eigenvalue weighted by Gasteiger charge is -2.07. The van der Waals surface area contributed by atoms with Gasteiger partial charge >= 0.3 is 0 Å². The fourth-order valence-corrected chi connectivity index (χ4v) is 2.83. The molecule has 1 atom stereocenters. The van der Waals surface area contributed by atoms with Crippen LogP contribution in [0.1, 0.15) is 17.7 Å². The summed E-state index contributed by atoms with van der Waals surface area (Å²) in [5.41, 5.74) is 0. The van der Waals surface area contributed by atoms with Crippen molar-refractivity contribution in [1.82, 2.24) is 10.3 Å². The van der Waals surface area contributed by atoms with Gasteiger partial charge in [-0.15, -0.1) is 11.3 Å². The van der Waals surface area contributed by atoms with Gasteiger partial charge in [0.1, 0.15) is 5.84 Å². The molecular weight excluding hydrogens is 244 g/mol. The maximum absolute atomic E-state index is 8.53. The van der Waals surface area contributed by atoms with Gasteiger partial charge in [0.15, 0.2) is 4.47 Å². The molecule has 16 heavy (non-hydrogen) atoms. The van der Waals surface area contributed by atoms with Crippen LogP contribution in [0.5, 0.6) is 0 Å². The lowest BCUT2D eigenvalue weighted by molar-refractivity contribution is 0.626. The Morgan fingerprint density at radius 1 is 1.75 bits per heavy atom. The van der Waals surface area contributed by atoms with Crippen LogP contribution in [-0.4, -0.2) is 17.4 Å². The Morgan fingerprint density at radius 3 is 3.31 bits per heavy atom. The van der Waals surface area contributed by atoms with Crippen LogP contribution in [-0.2, 0) is 6.42 Å². The van der Waals surface area contributed by atoms with Crippen LogP contribution in [0, 0.1) is 17.4 Å². The summed E-state index contributed by atoms with van der Waals surface area (Å²) >= 11 is 7.28. The standard InChI is InChI=1S/C10H11ClN4S/c11-10-14-5-8(16-10)2-1-7-3-4-13-9(7)15-6-12/h5,7H,1-4H2,(H,13,15). The molecule has 1 saturated heterocycles.